The number of rotatable bonds is 5. The molecule has 2 aliphatic carbocycles. The van der Waals surface area contributed by atoms with Crippen LogP contribution in [0.25, 0.3) is 0 Å². The lowest BCUT2D eigenvalue weighted by Crippen LogP contribution is -2.48. The normalized spacial score (nSPS) is 41.2. The Kier molecular flexibility index (Phi) is 5.05. The fourth-order valence-corrected chi connectivity index (χ4v) is 3.62. The third-order valence-corrected chi connectivity index (χ3v) is 5.26. The molecule has 0 spiro atoms. The van der Waals surface area contributed by atoms with Crippen molar-refractivity contribution in [2.75, 3.05) is 20.2 Å². The Morgan fingerprint density at radius 3 is 2.56 bits per heavy atom. The Hall–Kier alpha value is -0.120. The summed E-state index contributed by atoms with van der Waals surface area (Å²) >= 11 is 0. The van der Waals surface area contributed by atoms with Crippen LogP contribution in [0.5, 0.6) is 0 Å². The van der Waals surface area contributed by atoms with Crippen LogP contribution in [0.1, 0.15) is 51.9 Å². The Morgan fingerprint density at radius 1 is 1.22 bits per heavy atom. The molecule has 0 heterocycles. The molecule has 2 saturated carbocycles. The average Bonchev–Trinajstić information content (AvgIpc) is 2.86. The molecule has 0 amide bonds. The Balaban J connectivity index is 1.83. The van der Waals surface area contributed by atoms with E-state index in [1.807, 2.05) is 7.11 Å². The zero-order valence-corrected chi connectivity index (χ0v) is 12.1. The van der Waals surface area contributed by atoms with Gasteiger partial charge in [-0.15, -0.1) is 0 Å². The Labute approximate surface area is 112 Å². The highest BCUT2D eigenvalue weighted by Crippen LogP contribution is 2.38. The number of hydrogen-bond acceptors (Lipinski definition) is 3. The molecule has 0 aromatic rings. The summed E-state index contributed by atoms with van der Waals surface area (Å²) in [5.74, 6) is 0.892. The molecule has 2 unspecified atom stereocenters. The molecule has 2 rings (SSSR count). The maximum Gasteiger partial charge on any atom is 0.0724 e. The number of hydrogen-bond donors (Lipinski definition) is 2. The van der Waals surface area contributed by atoms with Gasteiger partial charge < -0.3 is 15.8 Å². The van der Waals surface area contributed by atoms with Crippen LogP contribution in [0.2, 0.25) is 0 Å². The highest BCUT2D eigenvalue weighted by molar-refractivity contribution is 4.91. The third kappa shape index (κ3) is 3.25. The lowest BCUT2D eigenvalue weighted by atomic mass is 9.70. The monoisotopic (exact) mass is 254 g/mol. The van der Waals surface area contributed by atoms with Gasteiger partial charge in [-0.2, -0.15) is 0 Å². The Morgan fingerprint density at radius 2 is 1.94 bits per heavy atom. The van der Waals surface area contributed by atoms with Crippen LogP contribution < -0.4 is 11.1 Å². The van der Waals surface area contributed by atoms with Gasteiger partial charge in [-0.3, -0.25) is 0 Å². The van der Waals surface area contributed by atoms with Crippen molar-refractivity contribution >= 4 is 0 Å². The van der Waals surface area contributed by atoms with Crippen molar-refractivity contribution in [3.63, 3.8) is 0 Å². The van der Waals surface area contributed by atoms with E-state index >= 15 is 0 Å². The van der Waals surface area contributed by atoms with E-state index < -0.39 is 0 Å². The first-order valence-electron chi connectivity index (χ1n) is 7.65. The number of nitrogens with two attached hydrogens (primary N) is 1. The van der Waals surface area contributed by atoms with Gasteiger partial charge in [0.15, 0.2) is 0 Å². The van der Waals surface area contributed by atoms with Gasteiger partial charge in [0.1, 0.15) is 0 Å². The van der Waals surface area contributed by atoms with Gasteiger partial charge >= 0.3 is 0 Å². The minimum Gasteiger partial charge on any atom is -0.380 e. The van der Waals surface area contributed by atoms with Crippen molar-refractivity contribution in [3.8, 4) is 0 Å². The average molecular weight is 254 g/mol. The van der Waals surface area contributed by atoms with Gasteiger partial charge in [0, 0.05) is 19.7 Å². The molecule has 0 bridgehead atoms. The summed E-state index contributed by atoms with van der Waals surface area (Å²) in [7, 11) is 1.84. The molecule has 0 aromatic heterocycles. The SMILES string of the molecule is COC1CCCC1NCC1(CN)CCC(C)CC1. The van der Waals surface area contributed by atoms with Crippen molar-refractivity contribution in [2.24, 2.45) is 17.1 Å². The lowest BCUT2D eigenvalue weighted by molar-refractivity contribution is 0.0748. The van der Waals surface area contributed by atoms with E-state index in [9.17, 15) is 0 Å². The van der Waals surface area contributed by atoms with Crippen LogP contribution in [-0.4, -0.2) is 32.3 Å². The minimum atomic E-state index is 0.355. The second kappa shape index (κ2) is 6.36. The quantitative estimate of drug-likeness (QED) is 0.791. The summed E-state index contributed by atoms with van der Waals surface area (Å²) in [4.78, 5) is 0. The van der Waals surface area contributed by atoms with Crippen LogP contribution in [0, 0.1) is 11.3 Å². The van der Waals surface area contributed by atoms with Crippen molar-refractivity contribution in [3.05, 3.63) is 0 Å². The van der Waals surface area contributed by atoms with Crippen LogP contribution in [0.15, 0.2) is 0 Å². The van der Waals surface area contributed by atoms with Crippen molar-refractivity contribution in [1.82, 2.24) is 5.32 Å². The van der Waals surface area contributed by atoms with E-state index in [1.54, 1.807) is 0 Å². The fourth-order valence-electron chi connectivity index (χ4n) is 3.62. The molecule has 0 aromatic carbocycles. The molecule has 2 fully saturated rings. The van der Waals surface area contributed by atoms with Gasteiger partial charge in [-0.1, -0.05) is 19.8 Å². The molecule has 3 heteroatoms. The molecule has 3 nitrogen and oxygen atoms in total. The highest BCUT2D eigenvalue weighted by Gasteiger charge is 2.35. The third-order valence-electron chi connectivity index (χ3n) is 5.26. The topological polar surface area (TPSA) is 47.3 Å². The first-order chi connectivity index (χ1) is 8.69. The summed E-state index contributed by atoms with van der Waals surface area (Å²) in [6, 6.07) is 0.553. The number of methoxy groups -OCH3 is 1. The molecule has 18 heavy (non-hydrogen) atoms. The molecule has 0 aliphatic heterocycles. The van der Waals surface area contributed by atoms with E-state index in [4.69, 9.17) is 10.5 Å². The van der Waals surface area contributed by atoms with E-state index in [0.717, 1.165) is 19.0 Å². The zero-order chi connectivity index (χ0) is 13.0. The van der Waals surface area contributed by atoms with Crippen LogP contribution in [0.3, 0.4) is 0 Å². The summed E-state index contributed by atoms with van der Waals surface area (Å²) in [6.07, 6.45) is 9.46. The highest BCUT2D eigenvalue weighted by atomic mass is 16.5. The predicted molar refractivity (Wildman–Crippen MR) is 75.6 cm³/mol. The van der Waals surface area contributed by atoms with Gasteiger partial charge in [-0.05, 0) is 50.0 Å². The van der Waals surface area contributed by atoms with Gasteiger partial charge in [-0.25, -0.2) is 0 Å². The molecular weight excluding hydrogens is 224 g/mol. The number of ether oxygens (including phenoxy) is 1. The van der Waals surface area contributed by atoms with Crippen molar-refractivity contribution < 1.29 is 4.74 Å². The van der Waals surface area contributed by atoms with Crippen LogP contribution in [-0.2, 0) is 4.74 Å². The largest absolute Gasteiger partial charge is 0.380 e. The standard InChI is InChI=1S/C15H30N2O/c1-12-6-8-15(10-16,9-7-12)11-17-13-4-3-5-14(13)18-2/h12-14,17H,3-11,16H2,1-2H3. The second-order valence-corrected chi connectivity index (χ2v) is 6.58. The van der Waals surface area contributed by atoms with Crippen molar-refractivity contribution in [1.29, 1.82) is 0 Å². The molecule has 0 saturated heterocycles. The number of nitrogens with one attached hydrogen (secondary N) is 1. The molecular formula is C15H30N2O. The van der Waals surface area contributed by atoms with Gasteiger partial charge in [0.25, 0.3) is 0 Å². The van der Waals surface area contributed by atoms with Crippen molar-refractivity contribution in [2.45, 2.75) is 64.0 Å². The van der Waals surface area contributed by atoms with E-state index in [0.29, 0.717) is 17.6 Å². The lowest BCUT2D eigenvalue weighted by Gasteiger charge is -2.40. The van der Waals surface area contributed by atoms with E-state index in [-0.39, 0.29) is 0 Å². The summed E-state index contributed by atoms with van der Waals surface area (Å²) in [5.41, 5.74) is 6.42. The van der Waals surface area contributed by atoms with E-state index in [1.165, 1.54) is 44.9 Å². The van der Waals surface area contributed by atoms with Gasteiger partial charge in [0.2, 0.25) is 0 Å². The first-order valence-corrected chi connectivity index (χ1v) is 7.65. The van der Waals surface area contributed by atoms with E-state index in [2.05, 4.69) is 12.2 Å². The Bertz CT molecular complexity index is 249. The molecule has 3 N–H and O–H groups in total. The first kappa shape index (κ1) is 14.3. The van der Waals surface area contributed by atoms with Crippen LogP contribution in [0.4, 0.5) is 0 Å². The summed E-state index contributed by atoms with van der Waals surface area (Å²) < 4.78 is 5.55. The molecule has 0 radical (unpaired) electrons. The van der Waals surface area contributed by atoms with Gasteiger partial charge in [0.05, 0.1) is 6.10 Å². The zero-order valence-electron chi connectivity index (χ0n) is 12.1. The molecule has 2 atom stereocenters. The van der Waals surface area contributed by atoms with Crippen LogP contribution >= 0.6 is 0 Å². The maximum atomic E-state index is 6.06. The fraction of sp³-hybridized carbons (Fsp3) is 1.00. The molecule has 106 valence electrons. The molecule has 2 aliphatic rings. The second-order valence-electron chi connectivity index (χ2n) is 6.58. The maximum absolute atomic E-state index is 6.06. The smallest absolute Gasteiger partial charge is 0.0724 e. The summed E-state index contributed by atoms with van der Waals surface area (Å²) in [6.45, 7) is 4.28. The predicted octanol–water partition coefficient (Wildman–Crippen LogP) is 2.30. The minimum absolute atomic E-state index is 0.355. The summed E-state index contributed by atoms with van der Waals surface area (Å²) in [5, 5.41) is 3.75.